The zero-order valence-corrected chi connectivity index (χ0v) is 20.3. The fraction of sp³-hybridized carbons (Fsp3) is 0.542. The number of piperidine rings is 1. The lowest BCUT2D eigenvalue weighted by Crippen LogP contribution is -2.57. The van der Waals surface area contributed by atoms with E-state index in [-0.39, 0.29) is 24.1 Å². The van der Waals surface area contributed by atoms with Crippen LogP contribution in [0.2, 0.25) is 5.02 Å². The molecule has 0 radical (unpaired) electrons. The third kappa shape index (κ3) is 5.38. The van der Waals surface area contributed by atoms with E-state index in [9.17, 15) is 31.1 Å². The van der Waals surface area contributed by atoms with Gasteiger partial charge >= 0.3 is 12.4 Å². The van der Waals surface area contributed by atoms with Crippen LogP contribution in [0.15, 0.2) is 30.3 Å². The first-order chi connectivity index (χ1) is 16.8. The number of nitrogens with zero attached hydrogens (tertiary/aromatic N) is 3. The second kappa shape index (κ2) is 9.90. The van der Waals surface area contributed by atoms with E-state index in [1.165, 1.54) is 4.57 Å². The highest BCUT2D eigenvalue weighted by molar-refractivity contribution is 6.31. The van der Waals surface area contributed by atoms with Gasteiger partial charge in [0.15, 0.2) is 0 Å². The Balaban J connectivity index is 1.42. The summed E-state index contributed by atoms with van der Waals surface area (Å²) in [5, 5.41) is 0.0849. The highest BCUT2D eigenvalue weighted by Crippen LogP contribution is 2.47. The van der Waals surface area contributed by atoms with Gasteiger partial charge in [0.25, 0.3) is 5.91 Å². The molecule has 1 saturated heterocycles. The molecule has 4 rings (SSSR count). The monoisotopic (exact) mass is 537 g/mol. The van der Waals surface area contributed by atoms with E-state index in [2.05, 4.69) is 0 Å². The van der Waals surface area contributed by atoms with Crippen LogP contribution in [0.25, 0.3) is 0 Å². The van der Waals surface area contributed by atoms with Crippen LogP contribution >= 0.6 is 11.6 Å². The normalized spacial score (nSPS) is 18.5. The molecular weight excluding hydrogens is 512 g/mol. The third-order valence-electron chi connectivity index (χ3n) is 7.05. The van der Waals surface area contributed by atoms with Crippen molar-refractivity contribution in [3.8, 4) is 0 Å². The van der Waals surface area contributed by atoms with E-state index in [4.69, 9.17) is 16.3 Å². The molecule has 1 amide bonds. The Kier molecular flexibility index (Phi) is 7.38. The lowest BCUT2D eigenvalue weighted by atomic mass is 9.81. The van der Waals surface area contributed by atoms with Crippen molar-refractivity contribution in [3.05, 3.63) is 57.9 Å². The number of likely N-dealkylation sites (N-methyl/N-ethyl adjacent to an activating group) is 1. The number of halogens is 7. The first kappa shape index (κ1) is 26.8. The van der Waals surface area contributed by atoms with E-state index in [0.29, 0.717) is 49.3 Å². The van der Waals surface area contributed by atoms with Crippen molar-refractivity contribution in [2.45, 2.75) is 50.3 Å². The zero-order valence-electron chi connectivity index (χ0n) is 19.6. The van der Waals surface area contributed by atoms with Gasteiger partial charge in [-0.2, -0.15) is 26.3 Å². The number of fused-ring (bicyclic) bond motifs is 2. The molecule has 1 aromatic carbocycles. The maximum atomic E-state index is 13.6. The molecule has 2 aromatic rings. The smallest absolute Gasteiger partial charge is 0.376 e. The molecule has 198 valence electrons. The van der Waals surface area contributed by atoms with Gasteiger partial charge in [0.2, 0.25) is 0 Å². The molecule has 0 saturated carbocycles. The molecule has 2 aliphatic rings. The van der Waals surface area contributed by atoms with Gasteiger partial charge in [-0.05, 0) is 43.7 Å². The number of hydrogen-bond donors (Lipinski definition) is 0. The van der Waals surface area contributed by atoms with Crippen molar-refractivity contribution >= 4 is 17.5 Å². The second-order valence-corrected chi connectivity index (χ2v) is 9.64. The van der Waals surface area contributed by atoms with Crippen molar-refractivity contribution in [2.24, 2.45) is 0 Å². The topological polar surface area (TPSA) is 37.7 Å². The number of amides is 1. The molecule has 2 aliphatic heterocycles. The predicted octanol–water partition coefficient (Wildman–Crippen LogP) is 5.71. The van der Waals surface area contributed by atoms with E-state index in [0.717, 1.165) is 6.07 Å². The highest BCUT2D eigenvalue weighted by atomic mass is 35.5. The largest absolute Gasteiger partial charge is 0.431 e. The van der Waals surface area contributed by atoms with E-state index in [1.807, 2.05) is 11.9 Å². The summed E-state index contributed by atoms with van der Waals surface area (Å²) in [6.07, 6.45) is -8.94. The van der Waals surface area contributed by atoms with Gasteiger partial charge in [0, 0.05) is 31.7 Å². The number of carbonyl (C=O) groups is 1. The van der Waals surface area contributed by atoms with Crippen LogP contribution in [0.5, 0.6) is 0 Å². The van der Waals surface area contributed by atoms with Gasteiger partial charge < -0.3 is 14.2 Å². The Bertz CT molecular complexity index is 1090. The third-order valence-corrected chi connectivity index (χ3v) is 7.34. The first-order valence-electron chi connectivity index (χ1n) is 11.5. The number of carbonyl (C=O) groups excluding carboxylic acids is 1. The Morgan fingerprint density at radius 2 is 1.67 bits per heavy atom. The van der Waals surface area contributed by atoms with Gasteiger partial charge in [-0.3, -0.25) is 9.69 Å². The molecule has 1 spiro atoms. The summed E-state index contributed by atoms with van der Waals surface area (Å²) in [5.41, 5.74) is 0.0599. The summed E-state index contributed by atoms with van der Waals surface area (Å²) >= 11 is 6.34. The summed E-state index contributed by atoms with van der Waals surface area (Å²) in [7, 11) is 1.87. The molecule has 36 heavy (non-hydrogen) atoms. The van der Waals surface area contributed by atoms with Crippen LogP contribution in [-0.2, 0) is 29.6 Å². The fourth-order valence-electron chi connectivity index (χ4n) is 5.10. The number of ether oxygens (including phenoxy) is 1. The summed E-state index contributed by atoms with van der Waals surface area (Å²) < 4.78 is 83.6. The molecule has 0 bridgehead atoms. The fourth-order valence-corrected chi connectivity index (χ4v) is 5.48. The van der Waals surface area contributed by atoms with Gasteiger partial charge in [-0.25, -0.2) is 0 Å². The zero-order chi connectivity index (χ0) is 26.3. The summed E-state index contributed by atoms with van der Waals surface area (Å²) in [6, 6.07) is 7.45. The van der Waals surface area contributed by atoms with Crippen LogP contribution in [0.4, 0.5) is 26.3 Å². The molecule has 5 nitrogen and oxygen atoms in total. The average molecular weight is 538 g/mol. The van der Waals surface area contributed by atoms with Gasteiger partial charge in [0.05, 0.1) is 35.9 Å². The minimum atomic E-state index is -4.51. The first-order valence-corrected chi connectivity index (χ1v) is 11.9. The van der Waals surface area contributed by atoms with Crippen molar-refractivity contribution in [1.82, 2.24) is 14.4 Å². The van der Waals surface area contributed by atoms with Gasteiger partial charge in [-0.15, -0.1) is 0 Å². The SMILES string of the molecule is CN1CCn2c(C(F)(F)F)cc(Cl)c2C12CCN(C(=O)c1ccc(COCCC(F)(F)F)cc1)CC2. The van der Waals surface area contributed by atoms with Crippen LogP contribution in [0.3, 0.4) is 0 Å². The predicted molar refractivity (Wildman–Crippen MR) is 121 cm³/mol. The van der Waals surface area contributed by atoms with Crippen LogP contribution < -0.4 is 0 Å². The lowest BCUT2D eigenvalue weighted by molar-refractivity contribution is -0.146. The van der Waals surface area contributed by atoms with Crippen LogP contribution in [0.1, 0.15) is 46.6 Å². The van der Waals surface area contributed by atoms with Crippen molar-refractivity contribution in [2.75, 3.05) is 33.3 Å². The number of rotatable bonds is 5. The molecular formula is C24H26ClF6N3O2. The Hall–Kier alpha value is -2.24. The van der Waals surface area contributed by atoms with E-state index < -0.39 is 36.6 Å². The number of aromatic nitrogens is 1. The lowest BCUT2D eigenvalue weighted by Gasteiger charge is -2.50. The minimum Gasteiger partial charge on any atom is -0.376 e. The van der Waals surface area contributed by atoms with Gasteiger partial charge in [0.1, 0.15) is 5.69 Å². The van der Waals surface area contributed by atoms with Crippen LogP contribution in [0, 0.1) is 0 Å². The Morgan fingerprint density at radius 1 is 1.03 bits per heavy atom. The van der Waals surface area contributed by atoms with Gasteiger partial charge in [-0.1, -0.05) is 23.7 Å². The summed E-state index contributed by atoms with van der Waals surface area (Å²) in [5.74, 6) is -0.217. The Labute approximate surface area is 209 Å². The molecule has 0 N–H and O–H groups in total. The Morgan fingerprint density at radius 3 is 2.25 bits per heavy atom. The standard InChI is InChI=1S/C24H26ClF6N3O2/c1-32-11-12-34-19(24(29,30)31)14-18(25)20(34)22(32)6-9-33(10-7-22)21(35)17-4-2-16(3-5-17)15-36-13-8-23(26,27)28/h2-5,14H,6-13,15H2,1H3. The van der Waals surface area contributed by atoms with E-state index >= 15 is 0 Å². The second-order valence-electron chi connectivity index (χ2n) is 9.24. The van der Waals surface area contributed by atoms with Crippen molar-refractivity contribution in [3.63, 3.8) is 0 Å². The molecule has 12 heteroatoms. The highest BCUT2D eigenvalue weighted by Gasteiger charge is 2.49. The maximum Gasteiger partial charge on any atom is 0.431 e. The van der Waals surface area contributed by atoms with E-state index in [1.54, 1.807) is 29.2 Å². The average Bonchev–Trinajstić information content (AvgIpc) is 3.17. The molecule has 1 aromatic heterocycles. The van der Waals surface area contributed by atoms with Crippen molar-refractivity contribution in [1.29, 1.82) is 0 Å². The molecule has 0 aliphatic carbocycles. The molecule has 1 fully saturated rings. The van der Waals surface area contributed by atoms with Crippen molar-refractivity contribution < 1.29 is 35.9 Å². The number of hydrogen-bond acceptors (Lipinski definition) is 3. The number of likely N-dealkylation sites (tertiary alicyclic amines) is 1. The molecule has 0 atom stereocenters. The number of benzene rings is 1. The van der Waals surface area contributed by atoms with Crippen LogP contribution in [-0.4, -0.2) is 59.7 Å². The summed E-state index contributed by atoms with van der Waals surface area (Å²) in [4.78, 5) is 16.8. The number of alkyl halides is 6. The summed E-state index contributed by atoms with van der Waals surface area (Å²) in [6.45, 7) is 0.865. The minimum absolute atomic E-state index is 0.00341. The molecule has 3 heterocycles. The maximum absolute atomic E-state index is 13.6. The molecule has 0 unspecified atom stereocenters. The quantitative estimate of drug-likeness (QED) is 0.362.